The Balaban J connectivity index is 3.99. The first-order valence-corrected chi connectivity index (χ1v) is 3.75. The van der Waals surface area contributed by atoms with Crippen LogP contribution in [0.5, 0.6) is 0 Å². The van der Waals surface area contributed by atoms with E-state index in [1.165, 1.54) is 7.11 Å². The van der Waals surface area contributed by atoms with Crippen LogP contribution >= 0.6 is 0 Å². The van der Waals surface area contributed by atoms with Crippen molar-refractivity contribution in [3.63, 3.8) is 0 Å². The van der Waals surface area contributed by atoms with Gasteiger partial charge in [-0.15, -0.1) is 0 Å². The SMILES string of the molecule is COC#CC(C)(O)CC(C)C. The predicted molar refractivity (Wildman–Crippen MR) is 44.9 cm³/mol. The van der Waals surface area contributed by atoms with Crippen LogP contribution in [0.4, 0.5) is 0 Å². The lowest BCUT2D eigenvalue weighted by Gasteiger charge is -2.17. The Kier molecular flexibility index (Phi) is 3.99. The van der Waals surface area contributed by atoms with E-state index in [-0.39, 0.29) is 0 Å². The van der Waals surface area contributed by atoms with Gasteiger partial charge in [0.2, 0.25) is 0 Å². The van der Waals surface area contributed by atoms with Crippen molar-refractivity contribution < 1.29 is 9.84 Å². The Morgan fingerprint density at radius 1 is 1.55 bits per heavy atom. The second-order valence-corrected chi connectivity index (χ2v) is 3.30. The minimum atomic E-state index is -0.913. The molecular formula is C9H16O2. The Bertz CT molecular complexity index is 160. The van der Waals surface area contributed by atoms with Crippen LogP contribution < -0.4 is 0 Å². The summed E-state index contributed by atoms with van der Waals surface area (Å²) in [6.07, 6.45) is 3.06. The molecular weight excluding hydrogens is 140 g/mol. The first kappa shape index (κ1) is 10.3. The zero-order chi connectivity index (χ0) is 8.91. The van der Waals surface area contributed by atoms with E-state index in [0.29, 0.717) is 12.3 Å². The summed E-state index contributed by atoms with van der Waals surface area (Å²) in [5, 5.41) is 9.56. The predicted octanol–water partition coefficient (Wildman–Crippen LogP) is 1.39. The van der Waals surface area contributed by atoms with Gasteiger partial charge < -0.3 is 9.84 Å². The standard InChI is InChI=1S/C9H16O2/c1-8(2)7-9(3,10)5-6-11-4/h8,10H,7H2,1-4H3. The molecule has 0 aliphatic rings. The van der Waals surface area contributed by atoms with Gasteiger partial charge in [0, 0.05) is 0 Å². The van der Waals surface area contributed by atoms with E-state index >= 15 is 0 Å². The monoisotopic (exact) mass is 156 g/mol. The van der Waals surface area contributed by atoms with Crippen LogP contribution in [0.1, 0.15) is 27.2 Å². The molecule has 0 fully saturated rings. The number of rotatable bonds is 2. The molecule has 0 bridgehead atoms. The largest absolute Gasteiger partial charge is 0.450 e. The zero-order valence-corrected chi connectivity index (χ0v) is 7.64. The Morgan fingerprint density at radius 3 is 2.45 bits per heavy atom. The van der Waals surface area contributed by atoms with Gasteiger partial charge in [0.25, 0.3) is 0 Å². The van der Waals surface area contributed by atoms with Gasteiger partial charge in [-0.3, -0.25) is 0 Å². The highest BCUT2D eigenvalue weighted by Crippen LogP contribution is 2.14. The summed E-state index contributed by atoms with van der Waals surface area (Å²) in [6, 6.07) is 0. The van der Waals surface area contributed by atoms with Crippen molar-refractivity contribution in [1.82, 2.24) is 0 Å². The minimum Gasteiger partial charge on any atom is -0.450 e. The third-order valence-corrected chi connectivity index (χ3v) is 1.23. The van der Waals surface area contributed by atoms with Crippen molar-refractivity contribution >= 4 is 0 Å². The highest BCUT2D eigenvalue weighted by Gasteiger charge is 2.18. The molecule has 1 atom stereocenters. The summed E-state index contributed by atoms with van der Waals surface area (Å²) in [4.78, 5) is 0. The molecule has 0 spiro atoms. The summed E-state index contributed by atoms with van der Waals surface area (Å²) >= 11 is 0. The van der Waals surface area contributed by atoms with Crippen molar-refractivity contribution in [3.8, 4) is 12.0 Å². The molecule has 0 saturated heterocycles. The molecule has 1 unspecified atom stereocenters. The van der Waals surface area contributed by atoms with E-state index in [4.69, 9.17) is 0 Å². The summed E-state index contributed by atoms with van der Waals surface area (Å²) in [5.74, 6) is 3.06. The van der Waals surface area contributed by atoms with Crippen molar-refractivity contribution in [3.05, 3.63) is 0 Å². The van der Waals surface area contributed by atoms with E-state index in [2.05, 4.69) is 16.8 Å². The quantitative estimate of drug-likeness (QED) is 0.612. The molecule has 2 heteroatoms. The maximum Gasteiger partial charge on any atom is 0.126 e. The van der Waals surface area contributed by atoms with Gasteiger partial charge in [0.1, 0.15) is 11.7 Å². The highest BCUT2D eigenvalue weighted by atomic mass is 16.5. The second-order valence-electron chi connectivity index (χ2n) is 3.30. The molecule has 0 rings (SSSR count). The number of ether oxygens (including phenoxy) is 1. The Morgan fingerprint density at radius 2 is 2.09 bits per heavy atom. The fraction of sp³-hybridized carbons (Fsp3) is 0.778. The number of hydrogen-bond acceptors (Lipinski definition) is 2. The topological polar surface area (TPSA) is 29.5 Å². The van der Waals surface area contributed by atoms with Gasteiger partial charge in [-0.2, -0.15) is 0 Å². The van der Waals surface area contributed by atoms with Gasteiger partial charge in [0.05, 0.1) is 7.11 Å². The van der Waals surface area contributed by atoms with Crippen LogP contribution in [-0.2, 0) is 4.74 Å². The van der Waals surface area contributed by atoms with Crippen molar-refractivity contribution in [2.24, 2.45) is 5.92 Å². The first-order valence-electron chi connectivity index (χ1n) is 3.75. The molecule has 0 aromatic heterocycles. The van der Waals surface area contributed by atoms with Crippen LogP contribution in [0.15, 0.2) is 0 Å². The van der Waals surface area contributed by atoms with Crippen LogP contribution in [-0.4, -0.2) is 17.8 Å². The summed E-state index contributed by atoms with van der Waals surface area (Å²) < 4.78 is 4.54. The molecule has 2 nitrogen and oxygen atoms in total. The van der Waals surface area contributed by atoms with Crippen molar-refractivity contribution in [1.29, 1.82) is 0 Å². The summed E-state index contributed by atoms with van der Waals surface area (Å²) in [6.45, 7) is 5.78. The molecule has 11 heavy (non-hydrogen) atoms. The Labute approximate surface area is 68.6 Å². The molecule has 0 heterocycles. The van der Waals surface area contributed by atoms with E-state index < -0.39 is 5.60 Å². The second kappa shape index (κ2) is 4.25. The Hall–Kier alpha value is -0.680. The van der Waals surface area contributed by atoms with Crippen molar-refractivity contribution in [2.75, 3.05) is 7.11 Å². The van der Waals surface area contributed by atoms with E-state index in [0.717, 1.165) is 0 Å². The van der Waals surface area contributed by atoms with Gasteiger partial charge in [-0.1, -0.05) is 13.8 Å². The van der Waals surface area contributed by atoms with Crippen molar-refractivity contribution in [2.45, 2.75) is 32.8 Å². The van der Waals surface area contributed by atoms with E-state index in [1.807, 2.05) is 13.8 Å². The molecule has 1 N–H and O–H groups in total. The average Bonchev–Trinajstić information content (AvgIpc) is 1.81. The normalized spacial score (nSPS) is 15.1. The summed E-state index contributed by atoms with van der Waals surface area (Å²) in [5.41, 5.74) is -0.913. The average molecular weight is 156 g/mol. The molecule has 0 aromatic rings. The lowest BCUT2D eigenvalue weighted by atomic mass is 9.95. The van der Waals surface area contributed by atoms with Crippen LogP contribution in [0.25, 0.3) is 0 Å². The number of aliphatic hydroxyl groups is 1. The van der Waals surface area contributed by atoms with Gasteiger partial charge in [-0.05, 0) is 25.2 Å². The third kappa shape index (κ3) is 5.75. The number of methoxy groups -OCH3 is 1. The molecule has 0 aliphatic heterocycles. The van der Waals surface area contributed by atoms with Gasteiger partial charge >= 0.3 is 0 Å². The fourth-order valence-corrected chi connectivity index (χ4v) is 1.01. The van der Waals surface area contributed by atoms with E-state index in [9.17, 15) is 5.11 Å². The lowest BCUT2D eigenvalue weighted by molar-refractivity contribution is 0.0965. The first-order chi connectivity index (χ1) is 4.98. The molecule has 0 saturated carbocycles. The maximum absolute atomic E-state index is 9.56. The highest BCUT2D eigenvalue weighted by molar-refractivity contribution is 5.08. The van der Waals surface area contributed by atoms with Crippen LogP contribution in [0.3, 0.4) is 0 Å². The fourth-order valence-electron chi connectivity index (χ4n) is 1.01. The molecule has 64 valence electrons. The van der Waals surface area contributed by atoms with Crippen LogP contribution in [0.2, 0.25) is 0 Å². The zero-order valence-electron chi connectivity index (χ0n) is 7.64. The smallest absolute Gasteiger partial charge is 0.126 e. The molecule has 0 aliphatic carbocycles. The third-order valence-electron chi connectivity index (χ3n) is 1.23. The number of hydrogen-bond donors (Lipinski definition) is 1. The van der Waals surface area contributed by atoms with Gasteiger partial charge in [-0.25, -0.2) is 0 Å². The minimum absolute atomic E-state index is 0.441. The molecule has 0 radical (unpaired) electrons. The van der Waals surface area contributed by atoms with E-state index in [1.54, 1.807) is 6.92 Å². The molecule has 0 aromatic carbocycles. The lowest BCUT2D eigenvalue weighted by Crippen LogP contribution is -2.23. The molecule has 0 amide bonds. The summed E-state index contributed by atoms with van der Waals surface area (Å²) in [7, 11) is 1.48. The maximum atomic E-state index is 9.56. The van der Waals surface area contributed by atoms with Crippen LogP contribution in [0, 0.1) is 17.9 Å². The van der Waals surface area contributed by atoms with Gasteiger partial charge in [0.15, 0.2) is 0 Å².